The number of carbonyl (C=O) groups excluding carboxylic acids is 2. The van der Waals surface area contributed by atoms with Gasteiger partial charge in [-0.1, -0.05) is 0 Å². The van der Waals surface area contributed by atoms with Crippen LogP contribution in [0.2, 0.25) is 0 Å². The molecule has 1 spiro atoms. The van der Waals surface area contributed by atoms with Gasteiger partial charge in [0.2, 0.25) is 11.8 Å². The molecule has 5 aromatic rings. The second kappa shape index (κ2) is 11.5. The van der Waals surface area contributed by atoms with Crippen molar-refractivity contribution in [2.45, 2.75) is 12.8 Å². The molecule has 1 atom stereocenters. The quantitative estimate of drug-likeness (QED) is 0.299. The molecule has 0 saturated carbocycles. The van der Waals surface area contributed by atoms with Crippen molar-refractivity contribution in [1.29, 1.82) is 0 Å². The highest BCUT2D eigenvalue weighted by atomic mass is 19.1. The van der Waals surface area contributed by atoms with Crippen molar-refractivity contribution in [3.05, 3.63) is 66.9 Å². The van der Waals surface area contributed by atoms with Crippen LogP contribution in [0, 0.1) is 11.2 Å². The van der Waals surface area contributed by atoms with Crippen LogP contribution in [-0.2, 0) is 16.6 Å². The van der Waals surface area contributed by atoms with Crippen LogP contribution in [0.4, 0.5) is 16.0 Å². The van der Waals surface area contributed by atoms with Crippen LogP contribution < -0.4 is 9.80 Å². The van der Waals surface area contributed by atoms with Gasteiger partial charge in [0.25, 0.3) is 0 Å². The second-order valence-corrected chi connectivity index (χ2v) is 12.6. The van der Waals surface area contributed by atoms with Crippen LogP contribution in [0.15, 0.2) is 61.1 Å². The number of aromatic nitrogens is 7. The number of amides is 2. The normalized spacial score (nSPS) is 20.3. The van der Waals surface area contributed by atoms with Gasteiger partial charge in [-0.15, -0.1) is 0 Å². The highest BCUT2D eigenvalue weighted by Gasteiger charge is 2.51. The molecule has 47 heavy (non-hydrogen) atoms. The first-order valence-electron chi connectivity index (χ1n) is 15.9. The smallest absolute Gasteiger partial charge is 0.236 e. The molecule has 7 heterocycles. The number of piperazine rings is 1. The molecule has 4 aromatic heterocycles. The fourth-order valence-electron chi connectivity index (χ4n) is 7.01. The van der Waals surface area contributed by atoms with E-state index in [0.29, 0.717) is 88.1 Å². The fraction of sp³-hybridized carbons (Fsp3) is 0.364. The topological polar surface area (TPSA) is 132 Å². The highest BCUT2D eigenvalue weighted by molar-refractivity contribution is 6.01. The molecule has 0 aliphatic carbocycles. The molecule has 14 heteroatoms. The zero-order chi connectivity index (χ0) is 32.1. The van der Waals surface area contributed by atoms with E-state index in [9.17, 15) is 14.0 Å². The average molecular weight is 636 g/mol. The van der Waals surface area contributed by atoms with E-state index in [2.05, 4.69) is 35.1 Å². The Labute approximate surface area is 270 Å². The third-order valence-corrected chi connectivity index (χ3v) is 9.65. The molecule has 3 aliphatic rings. The number of hydrogen-bond acceptors (Lipinski definition) is 9. The first kappa shape index (κ1) is 29.2. The van der Waals surface area contributed by atoms with Crippen molar-refractivity contribution in [2.75, 3.05) is 62.2 Å². The van der Waals surface area contributed by atoms with E-state index in [1.54, 1.807) is 34.2 Å². The fourth-order valence-corrected chi connectivity index (χ4v) is 7.01. The summed E-state index contributed by atoms with van der Waals surface area (Å²) in [6.45, 7) is 4.79. The molecule has 13 nitrogen and oxygen atoms in total. The molecule has 240 valence electrons. The Morgan fingerprint density at radius 2 is 1.68 bits per heavy atom. The van der Waals surface area contributed by atoms with Gasteiger partial charge in [0, 0.05) is 63.6 Å². The van der Waals surface area contributed by atoms with Crippen LogP contribution in [0.5, 0.6) is 0 Å². The summed E-state index contributed by atoms with van der Waals surface area (Å²) in [7, 11) is 1.83. The van der Waals surface area contributed by atoms with Crippen molar-refractivity contribution >= 4 is 34.5 Å². The maximum atomic E-state index is 13.9. The molecule has 0 bridgehead atoms. The van der Waals surface area contributed by atoms with Gasteiger partial charge in [0.1, 0.15) is 35.0 Å². The minimum Gasteiger partial charge on any atom is -0.353 e. The number of anilines is 2. The number of hydrogen-bond donors (Lipinski definition) is 1. The van der Waals surface area contributed by atoms with Crippen LogP contribution >= 0.6 is 0 Å². The molecule has 3 saturated heterocycles. The number of H-pyrrole nitrogens is 1. The Bertz CT molecular complexity index is 1950. The molecule has 0 radical (unpaired) electrons. The number of aryl methyl sites for hydroxylation is 1. The van der Waals surface area contributed by atoms with Gasteiger partial charge in [0.15, 0.2) is 5.82 Å². The third kappa shape index (κ3) is 5.37. The van der Waals surface area contributed by atoms with Gasteiger partial charge in [-0.05, 0) is 67.9 Å². The number of carbonyl (C=O) groups is 2. The van der Waals surface area contributed by atoms with Crippen molar-refractivity contribution in [2.24, 2.45) is 12.5 Å². The summed E-state index contributed by atoms with van der Waals surface area (Å²) in [6, 6.07) is 13.8. The number of pyridine rings is 2. The molecule has 1 aromatic carbocycles. The van der Waals surface area contributed by atoms with Crippen LogP contribution in [-0.4, -0.2) is 109 Å². The van der Waals surface area contributed by atoms with Gasteiger partial charge in [-0.25, -0.2) is 19.3 Å². The molecular weight excluding hydrogens is 601 g/mol. The summed E-state index contributed by atoms with van der Waals surface area (Å²) in [6.07, 6.45) is 4.88. The third-order valence-electron chi connectivity index (χ3n) is 9.65. The van der Waals surface area contributed by atoms with Crippen molar-refractivity contribution in [3.63, 3.8) is 0 Å². The Morgan fingerprint density at radius 1 is 0.915 bits per heavy atom. The zero-order valence-electron chi connectivity index (χ0n) is 26.0. The Morgan fingerprint density at radius 3 is 2.43 bits per heavy atom. The lowest BCUT2D eigenvalue weighted by molar-refractivity contribution is -0.133. The largest absolute Gasteiger partial charge is 0.353 e. The lowest BCUT2D eigenvalue weighted by atomic mass is 9.85. The lowest BCUT2D eigenvalue weighted by Gasteiger charge is -2.36. The standard InChI is InChI=1S/C33H34FN11O2/c1-41-21-36-31(40-41)23-4-8-26(35-18-23)43-14-16-44(17-15-43)28(46)19-42-12-10-33(20-42)11-13-45(32(33)47)27-9-7-25-30(37-27)29(39-38-25)22-2-5-24(34)6-3-22/h2-9,18,21H,10-17,19-20H2,1H3,(H,38,39)/t33-/m0/s1. The summed E-state index contributed by atoms with van der Waals surface area (Å²) >= 11 is 0. The lowest BCUT2D eigenvalue weighted by Crippen LogP contribution is -2.51. The average Bonchev–Trinajstić information content (AvgIpc) is 3.89. The van der Waals surface area contributed by atoms with E-state index in [4.69, 9.17) is 4.98 Å². The molecule has 0 unspecified atom stereocenters. The van der Waals surface area contributed by atoms with E-state index in [1.165, 1.54) is 12.1 Å². The van der Waals surface area contributed by atoms with E-state index in [0.717, 1.165) is 22.5 Å². The molecule has 3 aliphatic heterocycles. The predicted octanol–water partition coefficient (Wildman–Crippen LogP) is 2.73. The SMILES string of the molecule is Cn1cnc(-c2ccc(N3CCN(C(=O)CN4CC[C@]5(CCN(c6ccc7[nH]nc(-c8ccc(F)cc8)c7n6)C5=O)C4)CC3)nc2)n1. The molecule has 8 rings (SSSR count). The van der Waals surface area contributed by atoms with Gasteiger partial charge in [-0.3, -0.25) is 29.2 Å². The molecule has 3 fully saturated rings. The van der Waals surface area contributed by atoms with Crippen molar-refractivity contribution in [1.82, 2.24) is 44.7 Å². The van der Waals surface area contributed by atoms with Crippen LogP contribution in [0.3, 0.4) is 0 Å². The Kier molecular flexibility index (Phi) is 7.16. The summed E-state index contributed by atoms with van der Waals surface area (Å²) in [4.78, 5) is 48.9. The van der Waals surface area contributed by atoms with Gasteiger partial charge in [0.05, 0.1) is 17.5 Å². The molecular formula is C33H34FN11O2. The number of halogens is 1. The minimum absolute atomic E-state index is 0.0529. The highest BCUT2D eigenvalue weighted by Crippen LogP contribution is 2.42. The van der Waals surface area contributed by atoms with Gasteiger partial charge in [-0.2, -0.15) is 10.2 Å². The predicted molar refractivity (Wildman–Crippen MR) is 173 cm³/mol. The van der Waals surface area contributed by atoms with Crippen LogP contribution in [0.1, 0.15) is 12.8 Å². The van der Waals surface area contributed by atoms with E-state index in [1.807, 2.05) is 36.2 Å². The summed E-state index contributed by atoms with van der Waals surface area (Å²) in [5.74, 6) is 1.91. The summed E-state index contributed by atoms with van der Waals surface area (Å²) < 4.78 is 15.2. The molecule has 1 N–H and O–H groups in total. The number of fused-ring (bicyclic) bond motifs is 1. The maximum absolute atomic E-state index is 13.9. The first-order chi connectivity index (χ1) is 22.8. The monoisotopic (exact) mass is 635 g/mol. The second-order valence-electron chi connectivity index (χ2n) is 12.6. The number of rotatable bonds is 6. The first-order valence-corrected chi connectivity index (χ1v) is 15.9. The Balaban J connectivity index is 0.874. The van der Waals surface area contributed by atoms with Crippen molar-refractivity contribution in [3.8, 4) is 22.6 Å². The number of aromatic amines is 1. The maximum Gasteiger partial charge on any atom is 0.236 e. The van der Waals surface area contributed by atoms with E-state index < -0.39 is 5.41 Å². The number of benzene rings is 1. The number of nitrogens with zero attached hydrogens (tertiary/aromatic N) is 10. The van der Waals surface area contributed by atoms with Crippen molar-refractivity contribution < 1.29 is 14.0 Å². The summed E-state index contributed by atoms with van der Waals surface area (Å²) in [5.41, 5.74) is 3.08. The van der Waals surface area contributed by atoms with Gasteiger partial charge < -0.3 is 9.80 Å². The zero-order valence-corrected chi connectivity index (χ0v) is 26.0. The van der Waals surface area contributed by atoms with Gasteiger partial charge >= 0.3 is 0 Å². The van der Waals surface area contributed by atoms with E-state index in [-0.39, 0.29) is 17.6 Å². The minimum atomic E-state index is -0.519. The number of nitrogens with one attached hydrogen (secondary N) is 1. The summed E-state index contributed by atoms with van der Waals surface area (Å²) in [5, 5.41) is 11.7. The number of likely N-dealkylation sites (tertiary alicyclic amines) is 1. The molecule has 2 amide bonds. The Hall–Kier alpha value is -5.24. The van der Waals surface area contributed by atoms with Crippen LogP contribution in [0.25, 0.3) is 33.7 Å². The van der Waals surface area contributed by atoms with E-state index >= 15 is 0 Å².